The number of ketones is 1. The normalized spacial score (nSPS) is 12.8. The summed E-state index contributed by atoms with van der Waals surface area (Å²) in [6, 6.07) is 7.60. The molecular weight excluding hydrogens is 322 g/mol. The summed E-state index contributed by atoms with van der Waals surface area (Å²) in [5.74, 6) is 0.964. The van der Waals surface area contributed by atoms with Crippen LogP contribution >= 0.6 is 11.9 Å². The van der Waals surface area contributed by atoms with E-state index in [1.807, 2.05) is 45.9 Å². The van der Waals surface area contributed by atoms with Crippen LogP contribution in [0, 0.1) is 5.92 Å². The van der Waals surface area contributed by atoms with Crippen LogP contribution in [-0.4, -0.2) is 28.0 Å². The van der Waals surface area contributed by atoms with Gasteiger partial charge in [-0.2, -0.15) is 0 Å². The molecule has 0 bridgehead atoms. The Morgan fingerprint density at radius 1 is 1.25 bits per heavy atom. The number of carbonyl (C=O) groups excluding carboxylic acids is 2. The molecule has 1 unspecified atom stereocenters. The minimum Gasteiger partial charge on any atom is -0.410 e. The van der Waals surface area contributed by atoms with Gasteiger partial charge in [-0.05, 0) is 55.8 Å². The highest BCUT2D eigenvalue weighted by Gasteiger charge is 2.33. The quantitative estimate of drug-likeness (QED) is 0.627. The van der Waals surface area contributed by atoms with Gasteiger partial charge >= 0.3 is 6.09 Å². The zero-order valence-corrected chi connectivity index (χ0v) is 16.6. The number of Topliss-reactive ketones (excluding diaryl/α,β-unsaturated/α-hetero) is 1. The average molecular weight is 352 g/mol. The average Bonchev–Trinajstić information content (AvgIpc) is 2.52. The van der Waals surface area contributed by atoms with Gasteiger partial charge in [0.2, 0.25) is 0 Å². The molecule has 0 fully saturated rings. The lowest BCUT2D eigenvalue weighted by Crippen LogP contribution is -2.37. The Balaban J connectivity index is 2.76. The van der Waals surface area contributed by atoms with E-state index < -0.39 is 10.8 Å². The molecule has 0 radical (unpaired) electrons. The smallest absolute Gasteiger partial charge is 0.410 e. The van der Waals surface area contributed by atoms with Gasteiger partial charge in [-0.25, -0.2) is 4.79 Å². The summed E-state index contributed by atoms with van der Waals surface area (Å²) in [6.07, 6.45) is 0.546. The largest absolute Gasteiger partial charge is 0.425 e. The number of hydrogen-bond donors (Lipinski definition) is 0. The lowest BCUT2D eigenvalue weighted by atomic mass is 9.98. The second kappa shape index (κ2) is 8.56. The molecule has 1 rings (SSSR count). The number of amides is 1. The summed E-state index contributed by atoms with van der Waals surface area (Å²) in [5.41, 5.74) is 1.15. The van der Waals surface area contributed by atoms with E-state index in [1.54, 1.807) is 13.1 Å². The van der Waals surface area contributed by atoms with Crippen molar-refractivity contribution in [2.75, 3.05) is 7.05 Å². The zero-order chi connectivity index (χ0) is 18.5. The molecule has 0 aliphatic heterocycles. The summed E-state index contributed by atoms with van der Waals surface area (Å²) in [4.78, 5) is 24.5. The Morgan fingerprint density at radius 3 is 2.42 bits per heavy atom. The molecule has 0 spiro atoms. The summed E-state index contributed by atoms with van der Waals surface area (Å²) >= 11 is 1.19. The van der Waals surface area contributed by atoms with Gasteiger partial charge in [0.1, 0.15) is 5.75 Å². The van der Waals surface area contributed by atoms with Crippen LogP contribution in [0.25, 0.3) is 0 Å². The molecule has 5 heteroatoms. The van der Waals surface area contributed by atoms with Gasteiger partial charge < -0.3 is 4.74 Å². The fraction of sp³-hybridized carbons (Fsp3) is 0.579. The number of nitrogens with zero attached hydrogens (tertiary/aromatic N) is 1. The van der Waals surface area contributed by atoms with E-state index in [-0.39, 0.29) is 11.7 Å². The van der Waals surface area contributed by atoms with Crippen LogP contribution in [0.15, 0.2) is 24.3 Å². The van der Waals surface area contributed by atoms with Crippen LogP contribution in [0.1, 0.15) is 59.4 Å². The second-order valence-electron chi connectivity index (χ2n) is 6.87. The van der Waals surface area contributed by atoms with Gasteiger partial charge in [0.15, 0.2) is 5.78 Å². The van der Waals surface area contributed by atoms with Crippen LogP contribution in [0.2, 0.25) is 0 Å². The van der Waals surface area contributed by atoms with Crippen LogP contribution < -0.4 is 4.74 Å². The standard InChI is InChI=1S/C19H29NO3S/c1-8-14(4)15-10-9-11-16(12-15)23-18(22)20(7)24-19(5,6)17(21)13(2)3/h9-14H,8H2,1-7H3. The van der Waals surface area contributed by atoms with Crippen molar-refractivity contribution in [2.24, 2.45) is 5.92 Å². The van der Waals surface area contributed by atoms with E-state index in [0.717, 1.165) is 12.0 Å². The molecule has 0 aliphatic carbocycles. The third-order valence-corrected chi connectivity index (χ3v) is 5.07. The molecule has 0 aliphatic rings. The lowest BCUT2D eigenvalue weighted by molar-refractivity contribution is -0.123. The van der Waals surface area contributed by atoms with Gasteiger partial charge in [0, 0.05) is 13.0 Å². The molecule has 0 N–H and O–H groups in total. The Hall–Kier alpha value is -1.49. The summed E-state index contributed by atoms with van der Waals surface area (Å²) in [5, 5.41) is 0. The monoisotopic (exact) mass is 351 g/mol. The van der Waals surface area contributed by atoms with Crippen molar-refractivity contribution in [3.63, 3.8) is 0 Å². The molecule has 134 valence electrons. The maximum atomic E-state index is 12.3. The maximum Gasteiger partial charge on any atom is 0.425 e. The Kier molecular flexibility index (Phi) is 7.33. The Morgan fingerprint density at radius 2 is 1.88 bits per heavy atom. The van der Waals surface area contributed by atoms with Gasteiger partial charge in [-0.3, -0.25) is 9.10 Å². The first-order valence-electron chi connectivity index (χ1n) is 8.37. The van der Waals surface area contributed by atoms with Crippen molar-refractivity contribution in [1.82, 2.24) is 4.31 Å². The van der Waals surface area contributed by atoms with Gasteiger partial charge in [-0.1, -0.05) is 39.8 Å². The summed E-state index contributed by atoms with van der Waals surface area (Å²) in [7, 11) is 1.63. The van der Waals surface area contributed by atoms with E-state index in [1.165, 1.54) is 16.3 Å². The van der Waals surface area contributed by atoms with Crippen molar-refractivity contribution in [3.05, 3.63) is 29.8 Å². The fourth-order valence-corrected chi connectivity index (χ4v) is 3.53. The molecule has 1 aromatic rings. The SMILES string of the molecule is CCC(C)c1cccc(OC(=O)N(C)SC(C)(C)C(=O)C(C)C)c1. The minimum absolute atomic E-state index is 0.0795. The summed E-state index contributed by atoms with van der Waals surface area (Å²) < 4.78 is 6.16. The number of benzene rings is 1. The third kappa shape index (κ3) is 5.55. The van der Waals surface area contributed by atoms with Crippen LogP contribution in [0.3, 0.4) is 0 Å². The Bertz CT molecular complexity index is 584. The van der Waals surface area contributed by atoms with E-state index >= 15 is 0 Å². The molecule has 0 aromatic heterocycles. The van der Waals surface area contributed by atoms with Crippen LogP contribution in [0.5, 0.6) is 5.75 Å². The topological polar surface area (TPSA) is 46.6 Å². The highest BCUT2D eigenvalue weighted by Crippen LogP contribution is 2.31. The molecule has 0 saturated heterocycles. The lowest BCUT2D eigenvalue weighted by Gasteiger charge is -2.28. The van der Waals surface area contributed by atoms with Crippen LogP contribution in [-0.2, 0) is 4.79 Å². The van der Waals surface area contributed by atoms with Gasteiger partial charge in [0.25, 0.3) is 0 Å². The first-order chi connectivity index (χ1) is 11.1. The maximum absolute atomic E-state index is 12.3. The van der Waals surface area contributed by atoms with E-state index in [2.05, 4.69) is 13.8 Å². The third-order valence-electron chi connectivity index (χ3n) is 3.98. The molecule has 0 heterocycles. The number of carbonyl (C=O) groups is 2. The van der Waals surface area contributed by atoms with E-state index in [9.17, 15) is 9.59 Å². The molecule has 24 heavy (non-hydrogen) atoms. The predicted molar refractivity (Wildman–Crippen MR) is 100 cm³/mol. The fourth-order valence-electron chi connectivity index (χ4n) is 2.41. The molecule has 1 atom stereocenters. The van der Waals surface area contributed by atoms with Crippen molar-refractivity contribution in [3.8, 4) is 5.75 Å². The van der Waals surface area contributed by atoms with E-state index in [4.69, 9.17) is 4.74 Å². The van der Waals surface area contributed by atoms with Crippen molar-refractivity contribution in [1.29, 1.82) is 0 Å². The highest BCUT2D eigenvalue weighted by molar-refractivity contribution is 7.99. The molecule has 0 saturated carbocycles. The van der Waals surface area contributed by atoms with Gasteiger partial charge in [-0.15, -0.1) is 0 Å². The van der Waals surface area contributed by atoms with Crippen molar-refractivity contribution >= 4 is 23.8 Å². The number of hydrogen-bond acceptors (Lipinski definition) is 4. The second-order valence-corrected chi connectivity index (χ2v) is 8.62. The van der Waals surface area contributed by atoms with Crippen molar-refractivity contribution < 1.29 is 14.3 Å². The zero-order valence-electron chi connectivity index (χ0n) is 15.8. The number of ether oxygens (including phenoxy) is 1. The summed E-state index contributed by atoms with van der Waals surface area (Å²) in [6.45, 7) is 11.7. The van der Waals surface area contributed by atoms with Crippen molar-refractivity contribution in [2.45, 2.75) is 58.6 Å². The minimum atomic E-state index is -0.680. The first-order valence-corrected chi connectivity index (χ1v) is 9.14. The predicted octanol–water partition coefficient (Wildman–Crippen LogP) is 5.28. The number of rotatable bonds is 7. The Labute approximate surface area is 150 Å². The molecule has 1 amide bonds. The van der Waals surface area contributed by atoms with Crippen LogP contribution in [0.4, 0.5) is 4.79 Å². The molecule has 1 aromatic carbocycles. The molecule has 4 nitrogen and oxygen atoms in total. The van der Waals surface area contributed by atoms with Gasteiger partial charge in [0.05, 0.1) is 4.75 Å². The van der Waals surface area contributed by atoms with E-state index in [0.29, 0.717) is 11.7 Å². The highest BCUT2D eigenvalue weighted by atomic mass is 32.2. The first kappa shape index (κ1) is 20.6. The molecular formula is C19H29NO3S.